The van der Waals surface area contributed by atoms with Gasteiger partial charge in [-0.3, -0.25) is 9.59 Å². The van der Waals surface area contributed by atoms with Gasteiger partial charge in [-0.2, -0.15) is 0 Å². The van der Waals surface area contributed by atoms with E-state index < -0.39 is 24.0 Å². The molecule has 14 aromatic carbocycles. The minimum atomic E-state index is -1.16. The molecule has 0 bridgehead atoms. The maximum atomic E-state index is 15.1. The molecule has 2 unspecified atom stereocenters. The van der Waals surface area contributed by atoms with Crippen LogP contribution in [0.5, 0.6) is 0 Å². The Morgan fingerprint density at radius 3 is 0.776 bits per heavy atom. The predicted molar refractivity (Wildman–Crippen MR) is 486 cm³/mol. The van der Waals surface area contributed by atoms with Gasteiger partial charge in [0.05, 0.1) is 12.2 Å². The molecular weight excluding hydrogens is 1420 g/mol. The van der Waals surface area contributed by atoms with Crippen LogP contribution in [0.15, 0.2) is 328 Å². The number of amides is 2. The lowest BCUT2D eigenvalue weighted by Crippen LogP contribution is -2.52. The van der Waals surface area contributed by atoms with E-state index in [0.29, 0.717) is 35.3 Å². The smallest absolute Gasteiger partial charge is 0.227 e. The van der Waals surface area contributed by atoms with E-state index in [4.69, 9.17) is 0 Å². The summed E-state index contributed by atoms with van der Waals surface area (Å²) < 4.78 is 0. The molecule has 0 heterocycles. The van der Waals surface area contributed by atoms with E-state index in [9.17, 15) is 10.2 Å². The number of rotatable bonds is 28. The topological polar surface area (TPSA) is 105 Å². The quantitative estimate of drug-likeness (QED) is 0.0389. The molecule has 2 atom stereocenters. The highest BCUT2D eigenvalue weighted by atomic mass is 16.3. The van der Waals surface area contributed by atoms with Gasteiger partial charge in [0.2, 0.25) is 11.8 Å². The monoisotopic (exact) mass is 1520 g/mol. The average molecular weight is 1520 g/mol. The van der Waals surface area contributed by atoms with Gasteiger partial charge in [0, 0.05) is 69.2 Å². The molecule has 8 heteroatoms. The van der Waals surface area contributed by atoms with Crippen molar-refractivity contribution in [3.63, 3.8) is 0 Å². The highest BCUT2D eigenvalue weighted by molar-refractivity contribution is 5.98. The van der Waals surface area contributed by atoms with Crippen molar-refractivity contribution in [3.05, 3.63) is 361 Å². The van der Waals surface area contributed by atoms with Crippen molar-refractivity contribution in [2.75, 3.05) is 20.4 Å². The lowest BCUT2D eigenvalue weighted by Gasteiger charge is -2.48. The van der Waals surface area contributed by atoms with Crippen LogP contribution in [0.4, 0.5) is 45.5 Å². The Bertz CT molecular complexity index is 5170. The predicted octanol–water partition coefficient (Wildman–Crippen LogP) is 28.1. The van der Waals surface area contributed by atoms with E-state index in [1.165, 1.54) is 0 Å². The molecule has 1 aliphatic rings. The first-order valence-electron chi connectivity index (χ1n) is 41.6. The Morgan fingerprint density at radius 2 is 0.543 bits per heavy atom. The standard InChI is InChI=1S/C108H104N4O4/c1-9-13-35-75(11-3)107(115)109-97-69-85(111(99-61-53-81(65-71(99)5)91-49-31-27-45-87(91)77-37-19-15-20-38-77)100-62-54-82(66-72(100)6)92-50-32-28-46-88(92)78-39-21-16-22-40-78)57-59-95(97)103-105(113)104(106(103)114)96-60-58-86(70-98(96)110-108(116)76(12-4)36-14-10-2)112(101-63-55-83(67-73(101)7)93-51-33-29-47-89(93)79-41-23-17-24-42-79)102-64-56-84(68-74(102)8)94-52-34-30-48-90(94)80-43-25-18-26-44-80/h15-34,37-70,75-76,103-106,113-114H,9-14,35-36H2,1-8H3,(H,109,115)(H,110,116). The lowest BCUT2D eigenvalue weighted by atomic mass is 9.62. The fourth-order valence-corrected chi connectivity index (χ4v) is 17.5. The van der Waals surface area contributed by atoms with Crippen molar-refractivity contribution in [1.82, 2.24) is 0 Å². The molecule has 4 N–H and O–H groups in total. The van der Waals surface area contributed by atoms with Crippen molar-refractivity contribution < 1.29 is 19.8 Å². The average Bonchev–Trinajstić information content (AvgIpc) is 0.725. The van der Waals surface area contributed by atoms with Crippen molar-refractivity contribution in [3.8, 4) is 89.0 Å². The molecule has 1 fully saturated rings. The molecule has 1 aliphatic carbocycles. The van der Waals surface area contributed by atoms with Gasteiger partial charge < -0.3 is 30.6 Å². The lowest BCUT2D eigenvalue weighted by molar-refractivity contribution is -0.121. The summed E-state index contributed by atoms with van der Waals surface area (Å²) in [5.41, 5.74) is 29.7. The van der Waals surface area contributed by atoms with Gasteiger partial charge in [0.25, 0.3) is 0 Å². The molecular formula is C108H104N4O4. The second kappa shape index (κ2) is 35.9. The summed E-state index contributed by atoms with van der Waals surface area (Å²) in [6.45, 7) is 17.1. The summed E-state index contributed by atoms with van der Waals surface area (Å²) in [5.74, 6) is -2.47. The number of aliphatic hydroxyl groups is 2. The number of unbranched alkanes of at least 4 members (excludes halogenated alkanes) is 2. The normalized spacial score (nSPS) is 14.9. The summed E-state index contributed by atoms with van der Waals surface area (Å²) in [4.78, 5) is 34.9. The third-order valence-corrected chi connectivity index (χ3v) is 23.9. The molecule has 0 aromatic heterocycles. The summed E-state index contributed by atoms with van der Waals surface area (Å²) in [7, 11) is 0. The number of anilines is 8. The molecule has 1 saturated carbocycles. The number of aryl methyl sites for hydroxylation is 4. The van der Waals surface area contributed by atoms with Crippen LogP contribution < -0.4 is 20.4 Å². The van der Waals surface area contributed by atoms with E-state index in [-0.39, 0.29) is 23.7 Å². The number of hydrogen-bond acceptors (Lipinski definition) is 6. The molecule has 0 aliphatic heterocycles. The molecule has 0 spiro atoms. The van der Waals surface area contributed by atoms with E-state index in [0.717, 1.165) is 184 Å². The molecule has 2 amide bonds. The second-order valence-electron chi connectivity index (χ2n) is 31.4. The van der Waals surface area contributed by atoms with Crippen molar-refractivity contribution in [2.24, 2.45) is 11.8 Å². The molecule has 15 rings (SSSR count). The van der Waals surface area contributed by atoms with Crippen LogP contribution in [-0.4, -0.2) is 34.2 Å². The third kappa shape index (κ3) is 16.5. The first-order valence-corrected chi connectivity index (χ1v) is 41.6. The fourth-order valence-electron chi connectivity index (χ4n) is 17.5. The van der Waals surface area contributed by atoms with Gasteiger partial charge in [0.15, 0.2) is 0 Å². The summed E-state index contributed by atoms with van der Waals surface area (Å²) in [5, 5.41) is 33.7. The zero-order valence-corrected chi connectivity index (χ0v) is 67.9. The molecule has 14 aromatic rings. The minimum Gasteiger partial charge on any atom is -0.392 e. The maximum absolute atomic E-state index is 15.1. The Balaban J connectivity index is 0.852. The molecule has 0 radical (unpaired) electrons. The van der Waals surface area contributed by atoms with Crippen LogP contribution in [0.25, 0.3) is 89.0 Å². The van der Waals surface area contributed by atoms with E-state index in [1.54, 1.807) is 0 Å². The molecule has 8 nitrogen and oxygen atoms in total. The van der Waals surface area contributed by atoms with Crippen molar-refractivity contribution >= 4 is 57.3 Å². The zero-order valence-electron chi connectivity index (χ0n) is 67.9. The highest BCUT2D eigenvalue weighted by Crippen LogP contribution is 2.55. The second-order valence-corrected chi connectivity index (χ2v) is 31.4. The van der Waals surface area contributed by atoms with E-state index in [1.807, 2.05) is 48.5 Å². The first-order chi connectivity index (χ1) is 56.7. The van der Waals surface area contributed by atoms with Gasteiger partial charge in [-0.05, 0) is 249 Å². The van der Waals surface area contributed by atoms with Crippen LogP contribution in [-0.2, 0) is 9.59 Å². The minimum absolute atomic E-state index is 0.108. The van der Waals surface area contributed by atoms with E-state index in [2.05, 4.69) is 355 Å². The third-order valence-electron chi connectivity index (χ3n) is 23.9. The fraction of sp³-hybridized carbons (Fsp3) is 0.204. The molecule has 580 valence electrons. The van der Waals surface area contributed by atoms with Crippen LogP contribution in [0.3, 0.4) is 0 Å². The Labute approximate surface area is 685 Å². The molecule has 0 saturated heterocycles. The number of benzene rings is 14. The van der Waals surface area contributed by atoms with Gasteiger partial charge in [0.1, 0.15) is 0 Å². The van der Waals surface area contributed by atoms with Gasteiger partial charge in [-0.15, -0.1) is 0 Å². The maximum Gasteiger partial charge on any atom is 0.227 e. The van der Waals surface area contributed by atoms with Crippen LogP contribution in [0, 0.1) is 39.5 Å². The van der Waals surface area contributed by atoms with Gasteiger partial charge >= 0.3 is 0 Å². The molecule has 116 heavy (non-hydrogen) atoms. The Morgan fingerprint density at radius 1 is 0.302 bits per heavy atom. The first kappa shape index (κ1) is 78.8. The Hall–Kier alpha value is -12.5. The van der Waals surface area contributed by atoms with Gasteiger partial charge in [-0.1, -0.05) is 308 Å². The summed E-state index contributed by atoms with van der Waals surface area (Å²) in [6.07, 6.45) is 4.08. The number of aliphatic hydroxyl groups excluding tert-OH is 2. The Kier molecular flexibility index (Phi) is 24.4. The van der Waals surface area contributed by atoms with E-state index >= 15 is 9.59 Å². The summed E-state index contributed by atoms with van der Waals surface area (Å²) in [6, 6.07) is 115. The zero-order chi connectivity index (χ0) is 80.3. The largest absolute Gasteiger partial charge is 0.392 e. The number of carbonyl (C=O) groups is 2. The highest BCUT2D eigenvalue weighted by Gasteiger charge is 2.52. The number of nitrogens with zero attached hydrogens (tertiary/aromatic N) is 2. The van der Waals surface area contributed by atoms with Crippen molar-refractivity contribution in [2.45, 2.75) is 131 Å². The number of hydrogen-bond donors (Lipinski definition) is 4. The van der Waals surface area contributed by atoms with Crippen LogP contribution >= 0.6 is 0 Å². The SMILES string of the molecule is CCCCC(CC)C(=O)Nc1cc(N(c2ccc(-c3ccccc3-c3ccccc3)cc2C)c2ccc(-c3ccccc3-c3ccccc3)cc2C)ccc1C1C(O)C(c2ccc(N(c3ccc(-c4ccccc4-c4ccccc4)cc3C)c3ccc(-c4ccccc4-c4ccccc4)cc3C)cc2NC(=O)C(CC)CCCC)C1O. The number of carbonyl (C=O) groups excluding carboxylic acids is 2. The number of nitrogens with one attached hydrogen (secondary N) is 2. The van der Waals surface area contributed by atoms with Crippen LogP contribution in [0.1, 0.15) is 124 Å². The van der Waals surface area contributed by atoms with Crippen molar-refractivity contribution in [1.29, 1.82) is 0 Å². The van der Waals surface area contributed by atoms with Crippen LogP contribution in [0.2, 0.25) is 0 Å². The van der Waals surface area contributed by atoms with Gasteiger partial charge in [-0.25, -0.2) is 0 Å². The summed E-state index contributed by atoms with van der Waals surface area (Å²) >= 11 is 0.